The minimum Gasteiger partial charge on any atom is -0.386 e. The van der Waals surface area contributed by atoms with E-state index in [1.807, 2.05) is 60.1 Å². The molecule has 3 aromatic rings. The van der Waals surface area contributed by atoms with Gasteiger partial charge in [-0.15, -0.1) is 0 Å². The maximum atomic E-state index is 10.3. The fourth-order valence-electron chi connectivity index (χ4n) is 2.39. The molecule has 0 saturated carbocycles. The van der Waals surface area contributed by atoms with Crippen LogP contribution in [0.5, 0.6) is 0 Å². The fourth-order valence-corrected chi connectivity index (χ4v) is 2.39. The zero-order valence-corrected chi connectivity index (χ0v) is 12.0. The molecule has 0 saturated heterocycles. The Hall–Kier alpha value is -2.39. The van der Waals surface area contributed by atoms with Crippen LogP contribution in [0.2, 0.25) is 0 Å². The summed E-state index contributed by atoms with van der Waals surface area (Å²) in [6.07, 6.45) is 1.20. The van der Waals surface area contributed by atoms with Crippen LogP contribution in [0, 0.1) is 6.92 Å². The Morgan fingerprint density at radius 2 is 1.62 bits per heavy atom. The van der Waals surface area contributed by atoms with Gasteiger partial charge in [-0.2, -0.15) is 5.10 Å². The minimum absolute atomic E-state index is 0.476. The molecule has 1 atom stereocenters. The Bertz CT molecular complexity index is 702. The molecule has 0 amide bonds. The van der Waals surface area contributed by atoms with Crippen molar-refractivity contribution in [2.75, 3.05) is 0 Å². The van der Waals surface area contributed by atoms with Crippen LogP contribution in [0.3, 0.4) is 0 Å². The molecule has 3 nitrogen and oxygen atoms in total. The highest BCUT2D eigenvalue weighted by Crippen LogP contribution is 2.22. The van der Waals surface area contributed by atoms with Gasteiger partial charge in [-0.1, -0.05) is 54.6 Å². The van der Waals surface area contributed by atoms with Crippen molar-refractivity contribution in [3.05, 3.63) is 78.1 Å². The van der Waals surface area contributed by atoms with Crippen LogP contribution in [0.4, 0.5) is 0 Å². The van der Waals surface area contributed by atoms with Crippen molar-refractivity contribution in [2.24, 2.45) is 0 Å². The number of aliphatic hydroxyl groups is 1. The van der Waals surface area contributed by atoms with Gasteiger partial charge < -0.3 is 5.11 Å². The Morgan fingerprint density at radius 3 is 2.24 bits per heavy atom. The van der Waals surface area contributed by atoms with Gasteiger partial charge in [0.15, 0.2) is 0 Å². The molecule has 1 heterocycles. The molecule has 3 rings (SSSR count). The highest BCUT2D eigenvalue weighted by atomic mass is 16.3. The monoisotopic (exact) mass is 278 g/mol. The molecule has 1 unspecified atom stereocenters. The van der Waals surface area contributed by atoms with Crippen LogP contribution in [-0.4, -0.2) is 14.9 Å². The van der Waals surface area contributed by atoms with E-state index in [-0.39, 0.29) is 0 Å². The third-order valence-corrected chi connectivity index (χ3v) is 3.68. The van der Waals surface area contributed by atoms with Crippen molar-refractivity contribution in [1.29, 1.82) is 0 Å². The number of benzene rings is 2. The summed E-state index contributed by atoms with van der Waals surface area (Å²) in [5.74, 6) is 0. The number of nitrogens with zero attached hydrogens (tertiary/aromatic N) is 2. The number of hydrogen-bond donors (Lipinski definition) is 1. The van der Waals surface area contributed by atoms with Crippen LogP contribution in [0.1, 0.15) is 17.4 Å². The first-order valence-electron chi connectivity index (χ1n) is 7.06. The molecule has 0 aliphatic carbocycles. The molecule has 0 radical (unpaired) electrons. The topological polar surface area (TPSA) is 38.0 Å². The first-order valence-corrected chi connectivity index (χ1v) is 7.06. The molecule has 0 aliphatic rings. The number of rotatable bonds is 4. The summed E-state index contributed by atoms with van der Waals surface area (Å²) in [5.41, 5.74) is 4.29. The molecular weight excluding hydrogens is 260 g/mol. The van der Waals surface area contributed by atoms with Gasteiger partial charge in [0, 0.05) is 11.9 Å². The second-order valence-electron chi connectivity index (χ2n) is 5.16. The molecule has 3 heteroatoms. The van der Waals surface area contributed by atoms with E-state index >= 15 is 0 Å². The number of aliphatic hydroxyl groups excluding tert-OH is 1. The van der Waals surface area contributed by atoms with Gasteiger partial charge in [-0.25, -0.2) is 0 Å². The lowest BCUT2D eigenvalue weighted by atomic mass is 10.0. The standard InChI is InChI=1S/C18H18N2O/c1-14-11-12-19-20(14)13-18(21)17-9-7-16(8-10-17)15-5-3-2-4-6-15/h2-12,18,21H,13H2,1H3. The average Bonchev–Trinajstić information content (AvgIpc) is 2.93. The average molecular weight is 278 g/mol. The number of aryl methyl sites for hydroxylation is 1. The lowest BCUT2D eigenvalue weighted by molar-refractivity contribution is 0.150. The lowest BCUT2D eigenvalue weighted by Crippen LogP contribution is -2.11. The second kappa shape index (κ2) is 5.94. The smallest absolute Gasteiger partial charge is 0.0985 e. The van der Waals surface area contributed by atoms with Crippen LogP contribution >= 0.6 is 0 Å². The van der Waals surface area contributed by atoms with E-state index < -0.39 is 6.10 Å². The van der Waals surface area contributed by atoms with Crippen molar-refractivity contribution in [3.63, 3.8) is 0 Å². The normalized spacial score (nSPS) is 12.3. The zero-order valence-electron chi connectivity index (χ0n) is 12.0. The van der Waals surface area contributed by atoms with E-state index in [9.17, 15) is 5.11 Å². The van der Waals surface area contributed by atoms with E-state index in [2.05, 4.69) is 17.2 Å². The van der Waals surface area contributed by atoms with Crippen LogP contribution in [0.25, 0.3) is 11.1 Å². The van der Waals surface area contributed by atoms with Gasteiger partial charge in [0.25, 0.3) is 0 Å². The number of aromatic nitrogens is 2. The summed E-state index contributed by atoms with van der Waals surface area (Å²) < 4.78 is 1.82. The second-order valence-corrected chi connectivity index (χ2v) is 5.16. The summed E-state index contributed by atoms with van der Waals surface area (Å²) in [6, 6.07) is 20.2. The van der Waals surface area contributed by atoms with Crippen LogP contribution in [0.15, 0.2) is 66.9 Å². The van der Waals surface area contributed by atoms with Gasteiger partial charge in [-0.05, 0) is 29.7 Å². The molecule has 21 heavy (non-hydrogen) atoms. The van der Waals surface area contributed by atoms with E-state index in [0.29, 0.717) is 6.54 Å². The van der Waals surface area contributed by atoms with Gasteiger partial charge in [0.1, 0.15) is 0 Å². The van der Waals surface area contributed by atoms with E-state index in [1.54, 1.807) is 6.20 Å². The Kier molecular flexibility index (Phi) is 3.84. The Labute approximate surface area is 124 Å². The van der Waals surface area contributed by atoms with Crippen molar-refractivity contribution in [1.82, 2.24) is 9.78 Å². The summed E-state index contributed by atoms with van der Waals surface area (Å²) in [6.45, 7) is 2.46. The van der Waals surface area contributed by atoms with E-state index in [4.69, 9.17) is 0 Å². The molecule has 0 spiro atoms. The fraction of sp³-hybridized carbons (Fsp3) is 0.167. The predicted octanol–water partition coefficient (Wildman–Crippen LogP) is 3.59. The van der Waals surface area contributed by atoms with Crippen molar-refractivity contribution < 1.29 is 5.11 Å². The summed E-state index contributed by atoms with van der Waals surface area (Å²) >= 11 is 0. The number of hydrogen-bond acceptors (Lipinski definition) is 2. The largest absolute Gasteiger partial charge is 0.386 e. The summed E-state index contributed by atoms with van der Waals surface area (Å²) in [7, 11) is 0. The summed E-state index contributed by atoms with van der Waals surface area (Å²) in [4.78, 5) is 0. The van der Waals surface area contributed by atoms with Crippen LogP contribution in [-0.2, 0) is 6.54 Å². The van der Waals surface area contributed by atoms with E-state index in [1.165, 1.54) is 5.56 Å². The molecule has 0 fully saturated rings. The van der Waals surface area contributed by atoms with Crippen LogP contribution < -0.4 is 0 Å². The van der Waals surface area contributed by atoms with Crippen molar-refractivity contribution in [2.45, 2.75) is 19.6 Å². The Balaban J connectivity index is 1.76. The quantitative estimate of drug-likeness (QED) is 0.792. The highest BCUT2D eigenvalue weighted by molar-refractivity contribution is 5.63. The predicted molar refractivity (Wildman–Crippen MR) is 83.8 cm³/mol. The third kappa shape index (κ3) is 3.03. The minimum atomic E-state index is -0.548. The first kappa shape index (κ1) is 13.6. The van der Waals surface area contributed by atoms with Gasteiger partial charge >= 0.3 is 0 Å². The van der Waals surface area contributed by atoms with Gasteiger partial charge in [-0.3, -0.25) is 4.68 Å². The third-order valence-electron chi connectivity index (χ3n) is 3.68. The van der Waals surface area contributed by atoms with E-state index in [0.717, 1.165) is 16.8 Å². The molecule has 0 aliphatic heterocycles. The maximum absolute atomic E-state index is 10.3. The van der Waals surface area contributed by atoms with Crippen molar-refractivity contribution >= 4 is 0 Å². The lowest BCUT2D eigenvalue weighted by Gasteiger charge is -2.13. The summed E-state index contributed by atoms with van der Waals surface area (Å²) in [5, 5.41) is 14.5. The molecule has 2 aromatic carbocycles. The molecule has 0 bridgehead atoms. The zero-order chi connectivity index (χ0) is 14.7. The maximum Gasteiger partial charge on any atom is 0.0985 e. The van der Waals surface area contributed by atoms with Gasteiger partial charge in [0.2, 0.25) is 0 Å². The Morgan fingerprint density at radius 1 is 0.952 bits per heavy atom. The van der Waals surface area contributed by atoms with Crippen molar-refractivity contribution in [3.8, 4) is 11.1 Å². The first-order chi connectivity index (χ1) is 10.2. The molecule has 1 aromatic heterocycles. The SMILES string of the molecule is Cc1ccnn1CC(O)c1ccc(-c2ccccc2)cc1. The molecule has 1 N–H and O–H groups in total. The molecular formula is C18H18N2O. The van der Waals surface area contributed by atoms with Gasteiger partial charge in [0.05, 0.1) is 12.6 Å². The highest BCUT2D eigenvalue weighted by Gasteiger charge is 2.10. The molecule has 106 valence electrons.